The molecular weight excluding hydrogens is 490 g/mol. The summed E-state index contributed by atoms with van der Waals surface area (Å²) in [5.74, 6) is 1.28. The van der Waals surface area contributed by atoms with Crippen LogP contribution in [-0.2, 0) is 11.3 Å². The zero-order valence-electron chi connectivity index (χ0n) is 19.4. The third-order valence-electron chi connectivity index (χ3n) is 6.03. The zero-order valence-corrected chi connectivity index (χ0v) is 21.0. The molecule has 0 bridgehead atoms. The highest BCUT2D eigenvalue weighted by molar-refractivity contribution is 8.26. The van der Waals surface area contributed by atoms with Crippen LogP contribution in [0.2, 0.25) is 0 Å². The number of aromatic nitrogens is 2. The summed E-state index contributed by atoms with van der Waals surface area (Å²) >= 11 is 6.89. The van der Waals surface area contributed by atoms with Gasteiger partial charge in [0.25, 0.3) is 5.91 Å². The molecule has 0 unspecified atom stereocenters. The van der Waals surface area contributed by atoms with Crippen molar-refractivity contribution in [3.8, 4) is 28.4 Å². The Morgan fingerprint density at radius 1 is 1.03 bits per heavy atom. The third-order valence-corrected chi connectivity index (χ3v) is 7.41. The van der Waals surface area contributed by atoms with Crippen LogP contribution in [0.15, 0.2) is 83.9 Å². The number of thioether (sulfide) groups is 1. The van der Waals surface area contributed by atoms with Gasteiger partial charge in [0.15, 0.2) is 11.5 Å². The molecule has 0 spiro atoms. The molecule has 36 heavy (non-hydrogen) atoms. The van der Waals surface area contributed by atoms with Crippen LogP contribution in [0.3, 0.4) is 0 Å². The van der Waals surface area contributed by atoms with E-state index in [4.69, 9.17) is 26.8 Å². The number of hydrogen-bond donors (Lipinski definition) is 0. The number of thiocarbonyl (C=S) groups is 1. The average Bonchev–Trinajstić information content (AvgIpc) is 3.60. The summed E-state index contributed by atoms with van der Waals surface area (Å²) in [7, 11) is 0. The molecule has 0 saturated carbocycles. The van der Waals surface area contributed by atoms with Gasteiger partial charge in [-0.1, -0.05) is 72.0 Å². The van der Waals surface area contributed by atoms with Gasteiger partial charge in [0, 0.05) is 17.3 Å². The number of para-hydroxylation sites is 1. The molecule has 0 atom stereocenters. The number of fused-ring (bicyclic) bond motifs is 1. The standard InChI is InChI=1S/C28H21N3O3S2/c1-18-7-9-19(10-8-18)15-30-27(32)25(36-28(30)35)14-21-16-31(22-5-3-2-4-6-22)29-26(21)20-11-12-23-24(13-20)34-17-33-23/h2-14,16H,15,17H2,1H3/b25-14-. The second-order valence-corrected chi connectivity index (χ2v) is 10.2. The maximum atomic E-state index is 13.4. The fourth-order valence-electron chi connectivity index (χ4n) is 4.13. The Kier molecular flexibility index (Phi) is 5.83. The van der Waals surface area contributed by atoms with Gasteiger partial charge in [-0.15, -0.1) is 0 Å². The van der Waals surface area contributed by atoms with Crippen LogP contribution in [0.25, 0.3) is 23.0 Å². The Labute approximate surface area is 218 Å². The number of aryl methyl sites for hydroxylation is 1. The molecule has 2 aliphatic rings. The Balaban J connectivity index is 1.37. The lowest BCUT2D eigenvalue weighted by atomic mass is 10.1. The van der Waals surface area contributed by atoms with Crippen molar-refractivity contribution in [1.82, 2.24) is 14.7 Å². The summed E-state index contributed by atoms with van der Waals surface area (Å²) in [4.78, 5) is 15.6. The van der Waals surface area contributed by atoms with Crippen LogP contribution in [-0.4, -0.2) is 31.7 Å². The fraction of sp³-hybridized carbons (Fsp3) is 0.107. The van der Waals surface area contributed by atoms with Crippen LogP contribution in [0.4, 0.5) is 0 Å². The second kappa shape index (κ2) is 9.29. The minimum absolute atomic E-state index is 0.102. The summed E-state index contributed by atoms with van der Waals surface area (Å²) < 4.78 is 13.4. The van der Waals surface area contributed by atoms with E-state index >= 15 is 0 Å². The molecule has 4 aromatic rings. The molecule has 6 rings (SSSR count). The lowest BCUT2D eigenvalue weighted by Gasteiger charge is -2.14. The molecule has 6 nitrogen and oxygen atoms in total. The SMILES string of the molecule is Cc1ccc(CN2C(=O)/C(=C/c3cn(-c4ccccc4)nc3-c3ccc4c(c3)OCO4)SC2=S)cc1. The van der Waals surface area contributed by atoms with E-state index < -0.39 is 0 Å². The first kappa shape index (κ1) is 22.6. The normalized spacial score (nSPS) is 15.8. The molecule has 178 valence electrons. The Morgan fingerprint density at radius 2 is 1.81 bits per heavy atom. The van der Waals surface area contributed by atoms with Crippen LogP contribution in [0, 0.1) is 6.92 Å². The van der Waals surface area contributed by atoms with Gasteiger partial charge in [-0.3, -0.25) is 9.69 Å². The van der Waals surface area contributed by atoms with Crippen molar-refractivity contribution in [1.29, 1.82) is 0 Å². The van der Waals surface area contributed by atoms with Gasteiger partial charge in [0.05, 0.1) is 17.1 Å². The zero-order chi connectivity index (χ0) is 24.6. The van der Waals surface area contributed by atoms with Crippen molar-refractivity contribution >= 4 is 40.3 Å². The predicted molar refractivity (Wildman–Crippen MR) is 145 cm³/mol. The first-order chi connectivity index (χ1) is 17.5. The van der Waals surface area contributed by atoms with Gasteiger partial charge in [0.1, 0.15) is 10.0 Å². The van der Waals surface area contributed by atoms with Crippen molar-refractivity contribution in [2.75, 3.05) is 6.79 Å². The van der Waals surface area contributed by atoms with Crippen molar-refractivity contribution < 1.29 is 14.3 Å². The van der Waals surface area contributed by atoms with Gasteiger partial charge >= 0.3 is 0 Å². The van der Waals surface area contributed by atoms with E-state index in [1.54, 1.807) is 4.90 Å². The smallest absolute Gasteiger partial charge is 0.266 e. The van der Waals surface area contributed by atoms with Gasteiger partial charge < -0.3 is 9.47 Å². The Bertz CT molecular complexity index is 1510. The van der Waals surface area contributed by atoms with Crippen molar-refractivity contribution in [2.24, 2.45) is 0 Å². The van der Waals surface area contributed by atoms with Crippen LogP contribution < -0.4 is 9.47 Å². The number of ether oxygens (including phenoxy) is 2. The van der Waals surface area contributed by atoms with Gasteiger partial charge in [-0.05, 0) is 48.9 Å². The van der Waals surface area contributed by atoms with Crippen molar-refractivity contribution in [2.45, 2.75) is 13.5 Å². The largest absolute Gasteiger partial charge is 0.454 e. The predicted octanol–water partition coefficient (Wildman–Crippen LogP) is 5.98. The number of carbonyl (C=O) groups excluding carboxylic acids is 1. The highest BCUT2D eigenvalue weighted by atomic mass is 32.2. The van der Waals surface area contributed by atoms with E-state index in [2.05, 4.69) is 0 Å². The van der Waals surface area contributed by atoms with Crippen LogP contribution >= 0.6 is 24.0 Å². The number of hydrogen-bond acceptors (Lipinski definition) is 6. The summed E-state index contributed by atoms with van der Waals surface area (Å²) in [5, 5.41) is 4.87. The van der Waals surface area contributed by atoms with Crippen molar-refractivity contribution in [3.05, 3.63) is 101 Å². The van der Waals surface area contributed by atoms with Crippen LogP contribution in [0.1, 0.15) is 16.7 Å². The van der Waals surface area contributed by atoms with E-state index in [9.17, 15) is 4.79 Å². The highest BCUT2D eigenvalue weighted by Crippen LogP contribution is 2.39. The van der Waals surface area contributed by atoms with Gasteiger partial charge in [-0.25, -0.2) is 4.68 Å². The molecular formula is C28H21N3O3S2. The summed E-state index contributed by atoms with van der Waals surface area (Å²) in [6, 6.07) is 23.7. The molecule has 3 aromatic carbocycles. The molecule has 0 aliphatic carbocycles. The quantitative estimate of drug-likeness (QED) is 0.243. The molecule has 8 heteroatoms. The van der Waals surface area contributed by atoms with Gasteiger partial charge in [-0.2, -0.15) is 5.10 Å². The molecule has 3 heterocycles. The van der Waals surface area contributed by atoms with E-state index in [1.165, 1.54) is 17.3 Å². The summed E-state index contributed by atoms with van der Waals surface area (Å²) in [6.07, 6.45) is 3.81. The number of benzene rings is 3. The molecule has 0 N–H and O–H groups in total. The topological polar surface area (TPSA) is 56.6 Å². The number of amides is 1. The second-order valence-electron chi connectivity index (χ2n) is 8.53. The van der Waals surface area contributed by atoms with E-state index in [0.717, 1.165) is 28.1 Å². The van der Waals surface area contributed by atoms with Gasteiger partial charge in [0.2, 0.25) is 6.79 Å². The number of nitrogens with zero attached hydrogens (tertiary/aromatic N) is 3. The molecule has 1 fully saturated rings. The first-order valence-electron chi connectivity index (χ1n) is 11.4. The fourth-order valence-corrected chi connectivity index (χ4v) is 5.37. The summed E-state index contributed by atoms with van der Waals surface area (Å²) in [5.41, 5.74) is 5.56. The lowest BCUT2D eigenvalue weighted by Crippen LogP contribution is -2.27. The molecule has 2 aliphatic heterocycles. The maximum absolute atomic E-state index is 13.4. The molecule has 1 amide bonds. The van der Waals surface area contributed by atoms with E-state index in [-0.39, 0.29) is 12.7 Å². The third kappa shape index (κ3) is 4.29. The van der Waals surface area contributed by atoms with Crippen molar-refractivity contribution in [3.63, 3.8) is 0 Å². The highest BCUT2D eigenvalue weighted by Gasteiger charge is 2.32. The Morgan fingerprint density at radius 3 is 2.61 bits per heavy atom. The van der Waals surface area contributed by atoms with E-state index in [0.29, 0.717) is 27.3 Å². The average molecular weight is 512 g/mol. The van der Waals surface area contributed by atoms with Crippen LogP contribution in [0.5, 0.6) is 11.5 Å². The summed E-state index contributed by atoms with van der Waals surface area (Å²) in [6.45, 7) is 2.69. The minimum Gasteiger partial charge on any atom is -0.454 e. The Hall–Kier alpha value is -3.88. The maximum Gasteiger partial charge on any atom is 0.266 e. The first-order valence-corrected chi connectivity index (χ1v) is 12.6. The minimum atomic E-state index is -0.102. The monoisotopic (exact) mass is 511 g/mol. The number of carbonyl (C=O) groups is 1. The van der Waals surface area contributed by atoms with E-state index in [1.807, 2.05) is 96.7 Å². The molecule has 1 saturated heterocycles. The number of rotatable bonds is 5. The molecule has 1 aromatic heterocycles. The lowest BCUT2D eigenvalue weighted by molar-refractivity contribution is -0.122. The molecule has 0 radical (unpaired) electrons.